The van der Waals surface area contributed by atoms with Crippen molar-refractivity contribution >= 4 is 21.7 Å². The lowest BCUT2D eigenvalue weighted by Crippen LogP contribution is -2.11. The predicted molar refractivity (Wildman–Crippen MR) is 76.8 cm³/mol. The molecule has 0 saturated carbocycles. The first-order chi connectivity index (χ1) is 9.94. The van der Waals surface area contributed by atoms with Gasteiger partial charge in [-0.1, -0.05) is 23.7 Å². The summed E-state index contributed by atoms with van der Waals surface area (Å²) in [4.78, 5) is -0.236. The molecule has 0 spiro atoms. The van der Waals surface area contributed by atoms with E-state index in [-0.39, 0.29) is 15.7 Å². The highest BCUT2D eigenvalue weighted by molar-refractivity contribution is 7.87. The Morgan fingerprint density at radius 3 is 2.43 bits per heavy atom. The maximum Gasteiger partial charge on any atom is 0.339 e. The molecule has 0 heterocycles. The zero-order valence-electron chi connectivity index (χ0n) is 11.0. The van der Waals surface area contributed by atoms with Crippen LogP contribution in [0.2, 0.25) is 5.02 Å². The van der Waals surface area contributed by atoms with Gasteiger partial charge in [0.1, 0.15) is 10.7 Å². The fourth-order valence-electron chi connectivity index (χ4n) is 1.59. The highest BCUT2D eigenvalue weighted by atomic mass is 35.5. The Labute approximate surface area is 127 Å². The van der Waals surface area contributed by atoms with Gasteiger partial charge in [0.05, 0.1) is 11.6 Å². The first-order valence-corrected chi connectivity index (χ1v) is 7.84. The van der Waals surface area contributed by atoms with Gasteiger partial charge in [0.25, 0.3) is 0 Å². The largest absolute Gasteiger partial charge is 0.490 e. The van der Waals surface area contributed by atoms with Crippen molar-refractivity contribution in [3.8, 4) is 11.5 Å². The van der Waals surface area contributed by atoms with Crippen LogP contribution in [0.25, 0.3) is 0 Å². The molecule has 0 bridgehead atoms. The Morgan fingerprint density at radius 1 is 1.14 bits per heavy atom. The topological polar surface area (TPSA) is 52.6 Å². The molecule has 0 amide bonds. The minimum Gasteiger partial charge on any atom is -0.490 e. The minimum absolute atomic E-state index is 0.0554. The van der Waals surface area contributed by atoms with E-state index < -0.39 is 15.9 Å². The van der Waals surface area contributed by atoms with E-state index in [4.69, 9.17) is 20.5 Å². The van der Waals surface area contributed by atoms with Gasteiger partial charge in [-0.2, -0.15) is 8.42 Å². The molecule has 2 rings (SSSR count). The molecule has 0 radical (unpaired) electrons. The lowest BCUT2D eigenvalue weighted by atomic mass is 10.3. The van der Waals surface area contributed by atoms with Gasteiger partial charge in [0.2, 0.25) is 0 Å². The molecule has 0 aliphatic rings. The highest BCUT2D eigenvalue weighted by Gasteiger charge is 2.20. The van der Waals surface area contributed by atoms with Crippen LogP contribution in [-0.4, -0.2) is 15.0 Å². The molecule has 0 aromatic heterocycles. The van der Waals surface area contributed by atoms with E-state index in [1.807, 2.05) is 0 Å². The van der Waals surface area contributed by atoms with Crippen LogP contribution in [0.3, 0.4) is 0 Å². The van der Waals surface area contributed by atoms with Gasteiger partial charge in [0.15, 0.2) is 11.5 Å². The van der Waals surface area contributed by atoms with E-state index in [0.717, 1.165) is 18.2 Å². The van der Waals surface area contributed by atoms with Gasteiger partial charge >= 0.3 is 10.1 Å². The first-order valence-electron chi connectivity index (χ1n) is 6.05. The van der Waals surface area contributed by atoms with Crippen molar-refractivity contribution in [2.75, 3.05) is 6.61 Å². The third-order valence-corrected chi connectivity index (χ3v) is 4.05. The minimum atomic E-state index is -4.12. The molecule has 21 heavy (non-hydrogen) atoms. The van der Waals surface area contributed by atoms with Crippen LogP contribution in [0.5, 0.6) is 11.5 Å². The standard InChI is InChI=1S/C14H12ClFO4S/c1-2-19-13-5-3-4-6-14(13)20-21(17,18)10-7-8-12(16)11(15)9-10/h3-9H,2H2,1H3. The molecule has 0 N–H and O–H groups in total. The van der Waals surface area contributed by atoms with Gasteiger partial charge in [0, 0.05) is 0 Å². The quantitative estimate of drug-likeness (QED) is 0.785. The zero-order valence-corrected chi connectivity index (χ0v) is 12.6. The number of benzene rings is 2. The van der Waals surface area contributed by atoms with Crippen LogP contribution in [-0.2, 0) is 10.1 Å². The molecule has 7 heteroatoms. The average Bonchev–Trinajstić information content (AvgIpc) is 2.44. The number of ether oxygens (including phenoxy) is 1. The van der Waals surface area contributed by atoms with Crippen molar-refractivity contribution < 1.29 is 21.7 Å². The predicted octanol–water partition coefficient (Wildman–Crippen LogP) is 3.65. The first kappa shape index (κ1) is 15.6. The summed E-state index contributed by atoms with van der Waals surface area (Å²) in [7, 11) is -4.12. The molecule has 0 atom stereocenters. The summed E-state index contributed by atoms with van der Waals surface area (Å²) in [6.07, 6.45) is 0. The number of hydrogen-bond donors (Lipinski definition) is 0. The molecule has 0 saturated heterocycles. The third-order valence-electron chi connectivity index (χ3n) is 2.53. The molecule has 0 aliphatic heterocycles. The van der Waals surface area contributed by atoms with Crippen LogP contribution in [0.15, 0.2) is 47.4 Å². The Morgan fingerprint density at radius 2 is 1.81 bits per heavy atom. The van der Waals surface area contributed by atoms with Gasteiger partial charge in [-0.25, -0.2) is 4.39 Å². The van der Waals surface area contributed by atoms with E-state index in [1.54, 1.807) is 25.1 Å². The fraction of sp³-hybridized carbons (Fsp3) is 0.143. The molecule has 2 aromatic carbocycles. The SMILES string of the molecule is CCOc1ccccc1OS(=O)(=O)c1ccc(F)c(Cl)c1. The molecule has 112 valence electrons. The molecular weight excluding hydrogens is 319 g/mol. The van der Waals surface area contributed by atoms with E-state index in [1.165, 1.54) is 6.07 Å². The summed E-state index contributed by atoms with van der Waals surface area (Å²) in [5, 5.41) is -0.294. The monoisotopic (exact) mass is 330 g/mol. The Hall–Kier alpha value is -1.79. The van der Waals surface area contributed by atoms with Gasteiger partial charge in [-0.3, -0.25) is 0 Å². The normalized spacial score (nSPS) is 11.2. The molecular formula is C14H12ClFO4S. The van der Waals surface area contributed by atoms with Gasteiger partial charge in [-0.05, 0) is 37.3 Å². The number of hydrogen-bond acceptors (Lipinski definition) is 4. The average molecular weight is 331 g/mol. The van der Waals surface area contributed by atoms with E-state index in [9.17, 15) is 12.8 Å². The van der Waals surface area contributed by atoms with Gasteiger partial charge < -0.3 is 8.92 Å². The fourth-order valence-corrected chi connectivity index (χ4v) is 2.80. The summed E-state index contributed by atoms with van der Waals surface area (Å²) in [5.74, 6) is -0.345. The summed E-state index contributed by atoms with van der Waals surface area (Å²) >= 11 is 5.58. The van der Waals surface area contributed by atoms with Crippen molar-refractivity contribution in [3.63, 3.8) is 0 Å². The number of halogens is 2. The van der Waals surface area contributed by atoms with Gasteiger partial charge in [-0.15, -0.1) is 0 Å². The second kappa shape index (κ2) is 6.32. The van der Waals surface area contributed by atoms with Crippen LogP contribution < -0.4 is 8.92 Å². The highest BCUT2D eigenvalue weighted by Crippen LogP contribution is 2.30. The lowest BCUT2D eigenvalue weighted by Gasteiger charge is -2.11. The summed E-state index contributed by atoms with van der Waals surface area (Å²) in [6, 6.07) is 9.41. The van der Waals surface area contributed by atoms with Crippen molar-refractivity contribution in [2.45, 2.75) is 11.8 Å². The summed E-state index contributed by atoms with van der Waals surface area (Å²) < 4.78 is 47.7. The Balaban J connectivity index is 2.35. The summed E-state index contributed by atoms with van der Waals surface area (Å²) in [5.41, 5.74) is 0. The van der Waals surface area contributed by atoms with Crippen molar-refractivity contribution in [1.29, 1.82) is 0 Å². The number of para-hydroxylation sites is 2. The van der Waals surface area contributed by atoms with Crippen molar-refractivity contribution in [1.82, 2.24) is 0 Å². The molecule has 0 unspecified atom stereocenters. The van der Waals surface area contributed by atoms with Crippen LogP contribution in [0, 0.1) is 5.82 Å². The lowest BCUT2D eigenvalue weighted by molar-refractivity contribution is 0.327. The smallest absolute Gasteiger partial charge is 0.339 e. The second-order valence-electron chi connectivity index (χ2n) is 3.99. The van der Waals surface area contributed by atoms with Crippen LogP contribution in [0.1, 0.15) is 6.92 Å². The molecule has 0 fully saturated rings. The van der Waals surface area contributed by atoms with E-state index >= 15 is 0 Å². The van der Waals surface area contributed by atoms with Crippen LogP contribution >= 0.6 is 11.6 Å². The molecule has 4 nitrogen and oxygen atoms in total. The van der Waals surface area contributed by atoms with Crippen molar-refractivity contribution in [2.24, 2.45) is 0 Å². The molecule has 0 aliphatic carbocycles. The summed E-state index contributed by atoms with van der Waals surface area (Å²) in [6.45, 7) is 2.13. The third kappa shape index (κ3) is 3.65. The van der Waals surface area contributed by atoms with E-state index in [0.29, 0.717) is 12.4 Å². The van der Waals surface area contributed by atoms with Crippen LogP contribution in [0.4, 0.5) is 4.39 Å². The molecule has 2 aromatic rings. The van der Waals surface area contributed by atoms with Crippen molar-refractivity contribution in [3.05, 3.63) is 53.3 Å². The van der Waals surface area contributed by atoms with E-state index in [2.05, 4.69) is 0 Å². The zero-order chi connectivity index (χ0) is 15.5. The Kier molecular flexibility index (Phi) is 4.69. The maximum atomic E-state index is 13.1. The maximum absolute atomic E-state index is 13.1. The Bertz CT molecular complexity index is 746. The second-order valence-corrected chi connectivity index (χ2v) is 5.95. The number of rotatable bonds is 5.